The number of para-hydroxylation sites is 2. The van der Waals surface area contributed by atoms with Crippen LogP contribution in [0.4, 0.5) is 0 Å². The molecule has 1 N–H and O–H groups in total. The number of nitrogens with one attached hydrogen (secondary N) is 1. The largest absolute Gasteiger partial charge is 0.331 e. The number of thiazole rings is 1. The minimum atomic E-state index is 0.779. The lowest BCUT2D eigenvalue weighted by Gasteiger charge is -2.02. The lowest BCUT2D eigenvalue weighted by atomic mass is 10.3. The molecule has 0 atom stereocenters. The fourth-order valence-corrected chi connectivity index (χ4v) is 2.81. The van der Waals surface area contributed by atoms with Crippen LogP contribution in [0.1, 0.15) is 5.69 Å². The number of aromatic amines is 1. The second-order valence-corrected chi connectivity index (χ2v) is 4.93. The van der Waals surface area contributed by atoms with Gasteiger partial charge in [-0.25, -0.2) is 4.98 Å². The lowest BCUT2D eigenvalue weighted by molar-refractivity contribution is 0.698. The van der Waals surface area contributed by atoms with Gasteiger partial charge in [0.25, 0.3) is 0 Å². The number of aromatic nitrogens is 3. The standard InChI is InChI=1S/C12H11N3S2/c16-12-14-10-3-1-2-4-11(10)15(12)6-5-9-7-17-8-13-9/h1-4,7-8H,5-6H2,(H,14,16). The minimum absolute atomic E-state index is 0.779. The van der Waals surface area contributed by atoms with Crippen molar-refractivity contribution in [2.45, 2.75) is 13.0 Å². The van der Waals surface area contributed by atoms with Gasteiger partial charge < -0.3 is 9.55 Å². The van der Waals surface area contributed by atoms with Crippen LogP contribution in [0.5, 0.6) is 0 Å². The Labute approximate surface area is 108 Å². The Balaban J connectivity index is 1.94. The number of nitrogens with zero attached hydrogens (tertiary/aromatic N) is 2. The summed E-state index contributed by atoms with van der Waals surface area (Å²) in [4.78, 5) is 7.50. The molecule has 0 radical (unpaired) electrons. The molecule has 3 rings (SSSR count). The van der Waals surface area contributed by atoms with Crippen LogP contribution in [0, 0.1) is 4.77 Å². The first-order valence-electron chi connectivity index (χ1n) is 5.39. The Hall–Kier alpha value is -1.46. The van der Waals surface area contributed by atoms with E-state index in [1.165, 1.54) is 0 Å². The van der Waals surface area contributed by atoms with Gasteiger partial charge in [0, 0.05) is 18.3 Å². The van der Waals surface area contributed by atoms with Crippen molar-refractivity contribution in [3.63, 3.8) is 0 Å². The molecule has 0 saturated carbocycles. The summed E-state index contributed by atoms with van der Waals surface area (Å²) < 4.78 is 2.91. The Bertz CT molecular complexity index is 679. The fraction of sp³-hybridized carbons (Fsp3) is 0.167. The van der Waals surface area contributed by atoms with E-state index in [-0.39, 0.29) is 0 Å². The maximum Gasteiger partial charge on any atom is 0.178 e. The molecular formula is C12H11N3S2. The van der Waals surface area contributed by atoms with Gasteiger partial charge >= 0.3 is 0 Å². The third-order valence-corrected chi connectivity index (χ3v) is 3.71. The van der Waals surface area contributed by atoms with E-state index < -0.39 is 0 Å². The SMILES string of the molecule is S=c1[nH]c2ccccc2n1CCc1cscn1. The third-order valence-electron chi connectivity index (χ3n) is 2.76. The highest BCUT2D eigenvalue weighted by molar-refractivity contribution is 7.71. The summed E-state index contributed by atoms with van der Waals surface area (Å²) in [6.45, 7) is 0.868. The summed E-state index contributed by atoms with van der Waals surface area (Å²) >= 11 is 6.97. The normalized spacial score (nSPS) is 11.1. The van der Waals surface area contributed by atoms with Crippen molar-refractivity contribution < 1.29 is 0 Å². The number of hydrogen-bond donors (Lipinski definition) is 1. The van der Waals surface area contributed by atoms with Gasteiger partial charge in [-0.15, -0.1) is 11.3 Å². The average molecular weight is 261 g/mol. The highest BCUT2D eigenvalue weighted by atomic mass is 32.1. The van der Waals surface area contributed by atoms with Crippen molar-refractivity contribution in [3.05, 3.63) is 45.6 Å². The number of benzene rings is 1. The molecule has 2 heterocycles. The van der Waals surface area contributed by atoms with E-state index in [1.807, 2.05) is 23.7 Å². The molecule has 3 aromatic rings. The van der Waals surface area contributed by atoms with Crippen LogP contribution in [-0.2, 0) is 13.0 Å². The predicted octanol–water partition coefficient (Wildman–Crippen LogP) is 3.40. The second-order valence-electron chi connectivity index (χ2n) is 3.83. The molecule has 2 aromatic heterocycles. The molecule has 0 amide bonds. The van der Waals surface area contributed by atoms with Gasteiger partial charge in [-0.3, -0.25) is 0 Å². The summed E-state index contributed by atoms with van der Waals surface area (Å²) in [5, 5.41) is 2.08. The zero-order valence-electron chi connectivity index (χ0n) is 9.09. The van der Waals surface area contributed by atoms with Crippen LogP contribution in [0.15, 0.2) is 35.2 Å². The van der Waals surface area contributed by atoms with E-state index in [1.54, 1.807) is 11.3 Å². The van der Waals surface area contributed by atoms with Gasteiger partial charge in [0.05, 0.1) is 22.2 Å². The highest BCUT2D eigenvalue weighted by Gasteiger charge is 2.04. The zero-order chi connectivity index (χ0) is 11.7. The van der Waals surface area contributed by atoms with Crippen molar-refractivity contribution in [3.8, 4) is 0 Å². The summed E-state index contributed by atoms with van der Waals surface area (Å²) in [6, 6.07) is 8.18. The lowest BCUT2D eigenvalue weighted by Crippen LogP contribution is -2.01. The molecule has 0 aliphatic heterocycles. The molecule has 1 aromatic carbocycles. The van der Waals surface area contributed by atoms with Crippen LogP contribution in [0.25, 0.3) is 11.0 Å². The van der Waals surface area contributed by atoms with E-state index in [0.29, 0.717) is 0 Å². The number of aryl methyl sites for hydroxylation is 2. The second kappa shape index (κ2) is 4.43. The molecule has 0 saturated heterocycles. The summed E-state index contributed by atoms with van der Waals surface area (Å²) in [6.07, 6.45) is 0.916. The highest BCUT2D eigenvalue weighted by Crippen LogP contribution is 2.14. The Morgan fingerprint density at radius 3 is 3.06 bits per heavy atom. The topological polar surface area (TPSA) is 33.6 Å². The zero-order valence-corrected chi connectivity index (χ0v) is 10.7. The number of imidazole rings is 1. The van der Waals surface area contributed by atoms with Crippen LogP contribution in [-0.4, -0.2) is 14.5 Å². The maximum atomic E-state index is 5.34. The van der Waals surface area contributed by atoms with Gasteiger partial charge in [-0.05, 0) is 24.4 Å². The van der Waals surface area contributed by atoms with Crippen molar-refractivity contribution >= 4 is 34.6 Å². The van der Waals surface area contributed by atoms with Gasteiger partial charge in [-0.2, -0.15) is 0 Å². The number of rotatable bonds is 3. The van der Waals surface area contributed by atoms with Gasteiger partial charge in [0.15, 0.2) is 4.77 Å². The summed E-state index contributed by atoms with van der Waals surface area (Å²) in [7, 11) is 0. The molecule has 86 valence electrons. The van der Waals surface area contributed by atoms with Crippen LogP contribution in [0.3, 0.4) is 0 Å². The quantitative estimate of drug-likeness (QED) is 0.733. The fourth-order valence-electron chi connectivity index (χ4n) is 1.92. The molecule has 0 aliphatic rings. The van der Waals surface area contributed by atoms with Crippen LogP contribution >= 0.6 is 23.6 Å². The molecular weight excluding hydrogens is 250 g/mol. The Morgan fingerprint density at radius 1 is 1.35 bits per heavy atom. The molecule has 0 fully saturated rings. The molecule has 0 spiro atoms. The average Bonchev–Trinajstić information content (AvgIpc) is 2.93. The predicted molar refractivity (Wildman–Crippen MR) is 72.9 cm³/mol. The van der Waals surface area contributed by atoms with E-state index in [9.17, 15) is 0 Å². The van der Waals surface area contributed by atoms with E-state index in [0.717, 1.165) is 34.5 Å². The molecule has 0 bridgehead atoms. The van der Waals surface area contributed by atoms with Gasteiger partial charge in [0.1, 0.15) is 0 Å². The van der Waals surface area contributed by atoms with Gasteiger partial charge in [0.2, 0.25) is 0 Å². The van der Waals surface area contributed by atoms with Crippen molar-refractivity contribution in [2.24, 2.45) is 0 Å². The molecule has 0 aliphatic carbocycles. The number of fused-ring (bicyclic) bond motifs is 1. The van der Waals surface area contributed by atoms with Crippen molar-refractivity contribution in [2.75, 3.05) is 0 Å². The van der Waals surface area contributed by atoms with Crippen molar-refractivity contribution in [1.29, 1.82) is 0 Å². The van der Waals surface area contributed by atoms with E-state index >= 15 is 0 Å². The summed E-state index contributed by atoms with van der Waals surface area (Å²) in [5.41, 5.74) is 5.25. The molecule has 5 heteroatoms. The first-order chi connectivity index (χ1) is 8.34. The van der Waals surface area contributed by atoms with Crippen LogP contribution < -0.4 is 0 Å². The van der Waals surface area contributed by atoms with Crippen LogP contribution in [0.2, 0.25) is 0 Å². The van der Waals surface area contributed by atoms with Crippen molar-refractivity contribution in [1.82, 2.24) is 14.5 Å². The first kappa shape index (κ1) is 10.7. The molecule has 3 nitrogen and oxygen atoms in total. The summed E-state index contributed by atoms with van der Waals surface area (Å²) in [5.74, 6) is 0. The number of hydrogen-bond acceptors (Lipinski definition) is 3. The smallest absolute Gasteiger partial charge is 0.178 e. The molecule has 17 heavy (non-hydrogen) atoms. The Kier molecular flexibility index (Phi) is 2.78. The third kappa shape index (κ3) is 2.03. The maximum absolute atomic E-state index is 5.34. The van der Waals surface area contributed by atoms with E-state index in [4.69, 9.17) is 12.2 Å². The number of H-pyrrole nitrogens is 1. The minimum Gasteiger partial charge on any atom is -0.331 e. The first-order valence-corrected chi connectivity index (χ1v) is 6.74. The monoisotopic (exact) mass is 261 g/mol. The Morgan fingerprint density at radius 2 is 2.24 bits per heavy atom. The van der Waals surface area contributed by atoms with E-state index in [2.05, 4.69) is 26.0 Å². The van der Waals surface area contributed by atoms with Gasteiger partial charge in [-0.1, -0.05) is 12.1 Å². The molecule has 0 unspecified atom stereocenters.